The number of carbonyl (C=O) groups excluding carboxylic acids is 3. The summed E-state index contributed by atoms with van der Waals surface area (Å²) in [6.07, 6.45) is 4.04. The molecule has 10 nitrogen and oxygen atoms in total. The van der Waals surface area contributed by atoms with E-state index in [1.165, 1.54) is 0 Å². The molecule has 0 spiro atoms. The highest BCUT2D eigenvalue weighted by molar-refractivity contribution is 5.91. The Morgan fingerprint density at radius 3 is 2.14 bits per heavy atom. The Kier molecular flexibility index (Phi) is 10.5. The molecule has 0 aliphatic heterocycles. The predicted octanol–water partition coefficient (Wildman–Crippen LogP) is 7.22. The highest BCUT2D eigenvalue weighted by atomic mass is 16.6. The van der Waals surface area contributed by atoms with Gasteiger partial charge in [0.15, 0.2) is 5.82 Å². The minimum absolute atomic E-state index is 0.0988. The number of amides is 3. The van der Waals surface area contributed by atoms with Gasteiger partial charge in [-0.2, -0.15) is 0 Å². The topological polar surface area (TPSA) is 134 Å². The zero-order valence-electron chi connectivity index (χ0n) is 29.9. The van der Waals surface area contributed by atoms with E-state index in [2.05, 4.69) is 34.7 Å². The van der Waals surface area contributed by atoms with Crippen molar-refractivity contribution >= 4 is 23.7 Å². The lowest BCUT2D eigenvalue weighted by Gasteiger charge is -2.51. The van der Waals surface area contributed by atoms with Crippen LogP contribution in [0.4, 0.5) is 10.6 Å². The number of nitrogens with one attached hydrogen (secondary N) is 2. The third kappa shape index (κ3) is 8.84. The second-order valence-corrected chi connectivity index (χ2v) is 15.5. The molecule has 49 heavy (non-hydrogen) atoms. The van der Waals surface area contributed by atoms with Crippen LogP contribution in [0.2, 0.25) is 0 Å². The standard InChI is InChI=1S/C39H51N5O5/c1-25(2)44(26(3)45)31-19-13-27(14-20-31)21-34(46)40-33-22-32(28-11-9-8-10-12-28)35(43-42-33)29-15-17-30(18-16-29)39(23-38(7,48)24-39)49-36(47)41-37(4,5)6/h8-12,15-18,22,25,27,31,48H,13-14,19-21,23-24H2,1-7H3,(H,41,47)(H,40,42,46). The average Bonchev–Trinajstić information content (AvgIpc) is 3.00. The van der Waals surface area contributed by atoms with Crippen LogP contribution in [0.3, 0.4) is 0 Å². The van der Waals surface area contributed by atoms with Crippen molar-refractivity contribution in [3.8, 4) is 22.4 Å². The smallest absolute Gasteiger partial charge is 0.408 e. The summed E-state index contributed by atoms with van der Waals surface area (Å²) in [6.45, 7) is 13.1. The van der Waals surface area contributed by atoms with Crippen LogP contribution in [-0.4, -0.2) is 61.3 Å². The zero-order chi connectivity index (χ0) is 35.6. The van der Waals surface area contributed by atoms with Gasteiger partial charge in [-0.05, 0) is 90.3 Å². The lowest BCUT2D eigenvalue weighted by Crippen LogP contribution is -2.57. The van der Waals surface area contributed by atoms with Crippen LogP contribution in [0.1, 0.15) is 99.0 Å². The number of benzene rings is 2. The van der Waals surface area contributed by atoms with Gasteiger partial charge in [0.2, 0.25) is 11.8 Å². The molecule has 0 radical (unpaired) electrons. The van der Waals surface area contributed by atoms with Crippen LogP contribution in [0.5, 0.6) is 0 Å². The fourth-order valence-corrected chi connectivity index (χ4v) is 7.58. The quantitative estimate of drug-likeness (QED) is 0.219. The molecule has 2 aliphatic rings. The van der Waals surface area contributed by atoms with E-state index in [9.17, 15) is 19.5 Å². The van der Waals surface area contributed by atoms with Gasteiger partial charge in [0, 0.05) is 54.9 Å². The number of rotatable bonds is 9. The summed E-state index contributed by atoms with van der Waals surface area (Å²) in [5.41, 5.74) is 1.66. The van der Waals surface area contributed by atoms with Crippen molar-refractivity contribution in [3.63, 3.8) is 0 Å². The Bertz CT molecular complexity index is 1630. The molecule has 262 valence electrons. The van der Waals surface area contributed by atoms with Crippen molar-refractivity contribution in [2.45, 2.75) is 122 Å². The number of nitrogens with zero attached hydrogens (tertiary/aromatic N) is 3. The van der Waals surface area contributed by atoms with Crippen molar-refractivity contribution in [3.05, 3.63) is 66.2 Å². The number of anilines is 1. The molecule has 3 N–H and O–H groups in total. The molecule has 1 aromatic heterocycles. The first-order valence-electron chi connectivity index (χ1n) is 17.4. The maximum atomic E-state index is 13.2. The number of hydrogen-bond acceptors (Lipinski definition) is 7. The second kappa shape index (κ2) is 14.3. The van der Waals surface area contributed by atoms with Crippen molar-refractivity contribution < 1.29 is 24.2 Å². The monoisotopic (exact) mass is 669 g/mol. The molecule has 0 saturated heterocycles. The molecule has 3 aromatic rings. The summed E-state index contributed by atoms with van der Waals surface area (Å²) in [6, 6.07) is 19.8. The van der Waals surface area contributed by atoms with Crippen molar-refractivity contribution in [2.75, 3.05) is 5.32 Å². The van der Waals surface area contributed by atoms with E-state index in [-0.39, 0.29) is 42.7 Å². The summed E-state index contributed by atoms with van der Waals surface area (Å²) in [4.78, 5) is 40.1. The van der Waals surface area contributed by atoms with Gasteiger partial charge in [0.05, 0.1) is 5.60 Å². The number of ether oxygens (including phenoxy) is 1. The molecule has 2 saturated carbocycles. The average molecular weight is 670 g/mol. The number of carbonyl (C=O) groups is 3. The van der Waals surface area contributed by atoms with Gasteiger partial charge in [0.1, 0.15) is 11.3 Å². The maximum Gasteiger partial charge on any atom is 0.408 e. The normalized spacial score (nSPS) is 23.7. The lowest BCUT2D eigenvalue weighted by atomic mass is 9.65. The van der Waals surface area contributed by atoms with E-state index in [0.717, 1.165) is 47.9 Å². The van der Waals surface area contributed by atoms with Crippen molar-refractivity contribution in [2.24, 2.45) is 5.92 Å². The SMILES string of the molecule is CC(=O)N(C(C)C)C1CCC(CC(=O)Nc2cc(-c3ccccc3)c(-c3ccc(C4(OC(=O)NC(C)(C)C)CC(C)(O)C4)cc3)nn2)CC1. The van der Waals surface area contributed by atoms with Crippen LogP contribution in [0, 0.1) is 5.92 Å². The van der Waals surface area contributed by atoms with Crippen LogP contribution >= 0.6 is 0 Å². The van der Waals surface area contributed by atoms with Crippen molar-refractivity contribution in [1.82, 2.24) is 20.4 Å². The third-order valence-electron chi connectivity index (χ3n) is 9.53. The molecule has 2 fully saturated rings. The largest absolute Gasteiger partial charge is 0.438 e. The molecule has 10 heteroatoms. The van der Waals surface area contributed by atoms with E-state index >= 15 is 0 Å². The van der Waals surface area contributed by atoms with Crippen LogP contribution < -0.4 is 10.6 Å². The van der Waals surface area contributed by atoms with E-state index < -0.39 is 22.8 Å². The van der Waals surface area contributed by atoms with Gasteiger partial charge >= 0.3 is 6.09 Å². The molecule has 1 heterocycles. The Hall–Kier alpha value is -4.31. The summed E-state index contributed by atoms with van der Waals surface area (Å²) in [5.74, 6) is 0.644. The number of aromatic nitrogens is 2. The first-order chi connectivity index (χ1) is 23.0. The highest BCUT2D eigenvalue weighted by Gasteiger charge is 2.55. The minimum atomic E-state index is -0.945. The minimum Gasteiger partial charge on any atom is -0.438 e. The molecule has 0 bridgehead atoms. The number of hydrogen-bond donors (Lipinski definition) is 3. The molecule has 3 amide bonds. The molecule has 2 aromatic carbocycles. The lowest BCUT2D eigenvalue weighted by molar-refractivity contribution is -0.177. The maximum absolute atomic E-state index is 13.2. The number of alkyl carbamates (subject to hydrolysis) is 1. The fraction of sp³-hybridized carbons (Fsp3) is 0.513. The van der Waals surface area contributed by atoms with Crippen LogP contribution in [0.25, 0.3) is 22.4 Å². The Labute approximate surface area is 290 Å². The van der Waals surface area contributed by atoms with Gasteiger partial charge in [0.25, 0.3) is 0 Å². The molecule has 0 unspecified atom stereocenters. The first-order valence-corrected chi connectivity index (χ1v) is 17.4. The predicted molar refractivity (Wildman–Crippen MR) is 190 cm³/mol. The molecule has 5 rings (SSSR count). The second-order valence-electron chi connectivity index (χ2n) is 15.5. The van der Waals surface area contributed by atoms with Gasteiger partial charge in [-0.15, -0.1) is 10.2 Å². The Morgan fingerprint density at radius 1 is 0.959 bits per heavy atom. The summed E-state index contributed by atoms with van der Waals surface area (Å²) in [7, 11) is 0. The van der Waals surface area contributed by atoms with E-state index in [0.29, 0.717) is 17.9 Å². The molecule has 2 aliphatic carbocycles. The summed E-state index contributed by atoms with van der Waals surface area (Å²) < 4.78 is 5.96. The van der Waals surface area contributed by atoms with Crippen LogP contribution in [0.15, 0.2) is 60.7 Å². The van der Waals surface area contributed by atoms with Crippen LogP contribution in [-0.2, 0) is 19.9 Å². The van der Waals surface area contributed by atoms with Gasteiger partial charge in [-0.1, -0.05) is 54.6 Å². The van der Waals surface area contributed by atoms with Gasteiger partial charge in [-0.3, -0.25) is 9.59 Å². The van der Waals surface area contributed by atoms with E-state index in [1.807, 2.05) is 86.3 Å². The third-order valence-corrected chi connectivity index (χ3v) is 9.53. The van der Waals surface area contributed by atoms with Gasteiger partial charge in [-0.25, -0.2) is 4.79 Å². The summed E-state index contributed by atoms with van der Waals surface area (Å²) >= 11 is 0. The molecular formula is C39H51N5O5. The summed E-state index contributed by atoms with van der Waals surface area (Å²) in [5, 5.41) is 25.4. The fourth-order valence-electron chi connectivity index (χ4n) is 7.58. The van der Waals surface area contributed by atoms with E-state index in [1.54, 1.807) is 13.8 Å². The van der Waals surface area contributed by atoms with E-state index in [4.69, 9.17) is 4.74 Å². The molecule has 0 atom stereocenters. The Morgan fingerprint density at radius 2 is 1.59 bits per heavy atom. The van der Waals surface area contributed by atoms with Crippen molar-refractivity contribution in [1.29, 1.82) is 0 Å². The number of aliphatic hydroxyl groups is 1. The molecular weight excluding hydrogens is 618 g/mol. The van der Waals surface area contributed by atoms with Gasteiger partial charge < -0.3 is 25.4 Å². The Balaban J connectivity index is 1.32. The highest BCUT2D eigenvalue weighted by Crippen LogP contribution is 2.51. The first kappa shape index (κ1) is 36.0. The zero-order valence-corrected chi connectivity index (χ0v) is 29.9.